The number of aliphatic hydroxyl groups excluding tert-OH is 1. The number of aromatic nitrogens is 1. The molecule has 1 fully saturated rings. The third-order valence-electron chi connectivity index (χ3n) is 4.11. The zero-order valence-corrected chi connectivity index (χ0v) is 13.1. The first-order valence-corrected chi connectivity index (χ1v) is 7.75. The van der Waals surface area contributed by atoms with Crippen LogP contribution in [0.5, 0.6) is 0 Å². The molecule has 5 heteroatoms. The normalized spacial score (nSPS) is 17.9. The predicted molar refractivity (Wildman–Crippen MR) is 86.8 cm³/mol. The SMILES string of the molecule is Cc1cc(N2CCN(C[C@@H](C)O)CC2)c2cc(F)ccc2n1. The number of hydrogen-bond donors (Lipinski definition) is 1. The number of aliphatic hydroxyl groups is 1. The Morgan fingerprint density at radius 3 is 2.64 bits per heavy atom. The second-order valence-electron chi connectivity index (χ2n) is 6.08. The van der Waals surface area contributed by atoms with Gasteiger partial charge in [0, 0.05) is 49.5 Å². The Labute approximate surface area is 130 Å². The molecule has 1 atom stereocenters. The van der Waals surface area contributed by atoms with Gasteiger partial charge >= 0.3 is 0 Å². The van der Waals surface area contributed by atoms with E-state index in [9.17, 15) is 9.50 Å². The van der Waals surface area contributed by atoms with Crippen molar-refractivity contribution in [3.63, 3.8) is 0 Å². The third-order valence-corrected chi connectivity index (χ3v) is 4.11. The Morgan fingerprint density at radius 1 is 1.23 bits per heavy atom. The van der Waals surface area contributed by atoms with Crippen LogP contribution in [0.3, 0.4) is 0 Å². The highest BCUT2D eigenvalue weighted by Crippen LogP contribution is 2.28. The minimum atomic E-state index is -0.301. The minimum Gasteiger partial charge on any atom is -0.392 e. The standard InChI is InChI=1S/C17H22FN3O/c1-12-9-17(15-10-14(18)3-4-16(15)19-12)21-7-5-20(6-8-21)11-13(2)22/h3-4,9-10,13,22H,5-8,11H2,1-2H3/t13-/m1/s1. The molecular weight excluding hydrogens is 281 g/mol. The van der Waals surface area contributed by atoms with E-state index < -0.39 is 0 Å². The fourth-order valence-electron chi connectivity index (χ4n) is 3.12. The van der Waals surface area contributed by atoms with Crippen molar-refractivity contribution in [2.24, 2.45) is 0 Å². The van der Waals surface area contributed by atoms with E-state index in [1.54, 1.807) is 12.1 Å². The Kier molecular flexibility index (Phi) is 4.27. The highest BCUT2D eigenvalue weighted by atomic mass is 19.1. The maximum absolute atomic E-state index is 13.6. The van der Waals surface area contributed by atoms with Gasteiger partial charge in [0.15, 0.2) is 0 Å². The summed E-state index contributed by atoms with van der Waals surface area (Å²) < 4.78 is 13.6. The largest absolute Gasteiger partial charge is 0.392 e. The molecule has 0 saturated carbocycles. The monoisotopic (exact) mass is 303 g/mol. The number of piperazine rings is 1. The number of benzene rings is 1. The molecule has 0 spiro atoms. The minimum absolute atomic E-state index is 0.229. The van der Waals surface area contributed by atoms with Crippen molar-refractivity contribution >= 4 is 16.6 Å². The number of fused-ring (bicyclic) bond motifs is 1. The molecule has 22 heavy (non-hydrogen) atoms. The van der Waals surface area contributed by atoms with Crippen molar-refractivity contribution in [3.05, 3.63) is 35.8 Å². The molecule has 2 aromatic rings. The molecule has 1 aliphatic heterocycles. The highest BCUT2D eigenvalue weighted by Gasteiger charge is 2.20. The van der Waals surface area contributed by atoms with Gasteiger partial charge in [-0.1, -0.05) is 0 Å². The average molecular weight is 303 g/mol. The maximum atomic E-state index is 13.6. The van der Waals surface area contributed by atoms with Crippen LogP contribution in [-0.2, 0) is 0 Å². The molecule has 0 radical (unpaired) electrons. The molecule has 0 unspecified atom stereocenters. The number of β-amino-alcohol motifs (C(OH)–C–C–N with tert-alkyl or cyclic N) is 1. The molecule has 0 amide bonds. The summed E-state index contributed by atoms with van der Waals surface area (Å²) in [4.78, 5) is 9.04. The van der Waals surface area contributed by atoms with Crippen LogP contribution in [0.25, 0.3) is 10.9 Å². The van der Waals surface area contributed by atoms with Crippen LogP contribution in [0.4, 0.5) is 10.1 Å². The van der Waals surface area contributed by atoms with Crippen molar-refractivity contribution in [2.75, 3.05) is 37.6 Å². The smallest absolute Gasteiger partial charge is 0.124 e. The van der Waals surface area contributed by atoms with Crippen molar-refractivity contribution in [2.45, 2.75) is 20.0 Å². The second kappa shape index (κ2) is 6.18. The zero-order chi connectivity index (χ0) is 15.7. The van der Waals surface area contributed by atoms with E-state index >= 15 is 0 Å². The van der Waals surface area contributed by atoms with E-state index in [1.165, 1.54) is 6.07 Å². The summed E-state index contributed by atoms with van der Waals surface area (Å²) in [6.07, 6.45) is -0.301. The van der Waals surface area contributed by atoms with Crippen LogP contribution >= 0.6 is 0 Å². The lowest BCUT2D eigenvalue weighted by molar-refractivity contribution is 0.123. The van der Waals surface area contributed by atoms with Crippen molar-refractivity contribution < 1.29 is 9.50 Å². The van der Waals surface area contributed by atoms with E-state index in [1.807, 2.05) is 19.9 Å². The lowest BCUT2D eigenvalue weighted by Crippen LogP contribution is -2.48. The van der Waals surface area contributed by atoms with Gasteiger partial charge in [0.05, 0.1) is 11.6 Å². The Bertz CT molecular complexity index is 666. The topological polar surface area (TPSA) is 39.6 Å². The summed E-state index contributed by atoms with van der Waals surface area (Å²) in [6.45, 7) is 8.05. The molecular formula is C17H22FN3O. The highest BCUT2D eigenvalue weighted by molar-refractivity contribution is 5.92. The molecule has 118 valence electrons. The second-order valence-corrected chi connectivity index (χ2v) is 6.08. The van der Waals surface area contributed by atoms with Gasteiger partial charge in [-0.15, -0.1) is 0 Å². The predicted octanol–water partition coefficient (Wildman–Crippen LogP) is 2.19. The average Bonchev–Trinajstić information content (AvgIpc) is 2.47. The van der Waals surface area contributed by atoms with Gasteiger partial charge in [0.25, 0.3) is 0 Å². The Hall–Kier alpha value is -1.72. The van der Waals surface area contributed by atoms with E-state index in [-0.39, 0.29) is 11.9 Å². The van der Waals surface area contributed by atoms with Gasteiger partial charge in [0.2, 0.25) is 0 Å². The van der Waals surface area contributed by atoms with Crippen LogP contribution in [0.15, 0.2) is 24.3 Å². The van der Waals surface area contributed by atoms with E-state index in [0.29, 0.717) is 6.54 Å². The van der Waals surface area contributed by atoms with Crippen molar-refractivity contribution in [3.8, 4) is 0 Å². The van der Waals surface area contributed by atoms with Crippen molar-refractivity contribution in [1.82, 2.24) is 9.88 Å². The first-order valence-electron chi connectivity index (χ1n) is 7.75. The van der Waals surface area contributed by atoms with Gasteiger partial charge in [-0.2, -0.15) is 0 Å². The number of aryl methyl sites for hydroxylation is 1. The summed E-state index contributed by atoms with van der Waals surface area (Å²) in [6, 6.07) is 6.80. The first kappa shape index (κ1) is 15.2. The quantitative estimate of drug-likeness (QED) is 0.943. The fourth-order valence-corrected chi connectivity index (χ4v) is 3.12. The molecule has 2 heterocycles. The molecule has 0 bridgehead atoms. The van der Waals surface area contributed by atoms with Crippen LogP contribution < -0.4 is 4.90 Å². The summed E-state index contributed by atoms with van der Waals surface area (Å²) in [5.74, 6) is -0.229. The van der Waals surface area contributed by atoms with Crippen LogP contribution in [-0.4, -0.2) is 53.8 Å². The Morgan fingerprint density at radius 2 is 1.95 bits per heavy atom. The summed E-state index contributed by atoms with van der Waals surface area (Å²) in [5.41, 5.74) is 2.84. The van der Waals surface area contributed by atoms with Gasteiger partial charge in [0.1, 0.15) is 5.82 Å². The van der Waals surface area contributed by atoms with Gasteiger partial charge < -0.3 is 10.0 Å². The molecule has 1 aromatic carbocycles. The van der Waals surface area contributed by atoms with Gasteiger partial charge in [-0.3, -0.25) is 9.88 Å². The molecule has 3 rings (SSSR count). The van der Waals surface area contributed by atoms with Crippen molar-refractivity contribution in [1.29, 1.82) is 0 Å². The molecule has 4 nitrogen and oxygen atoms in total. The summed E-state index contributed by atoms with van der Waals surface area (Å²) in [5, 5.41) is 10.4. The number of halogens is 1. The third kappa shape index (κ3) is 3.20. The summed E-state index contributed by atoms with van der Waals surface area (Å²) in [7, 11) is 0. The lowest BCUT2D eigenvalue weighted by atomic mass is 10.1. The molecule has 1 aliphatic rings. The van der Waals surface area contributed by atoms with Crippen LogP contribution in [0, 0.1) is 12.7 Å². The Balaban J connectivity index is 1.86. The number of rotatable bonds is 3. The van der Waals surface area contributed by atoms with E-state index in [4.69, 9.17) is 0 Å². The number of nitrogens with zero attached hydrogens (tertiary/aromatic N) is 3. The van der Waals surface area contributed by atoms with E-state index in [0.717, 1.165) is 48.5 Å². The van der Waals surface area contributed by atoms with E-state index in [2.05, 4.69) is 14.8 Å². The summed E-state index contributed by atoms with van der Waals surface area (Å²) >= 11 is 0. The molecule has 1 aromatic heterocycles. The molecule has 1 N–H and O–H groups in total. The molecule has 1 saturated heterocycles. The first-order chi connectivity index (χ1) is 10.5. The lowest BCUT2D eigenvalue weighted by Gasteiger charge is -2.37. The van der Waals surface area contributed by atoms with Gasteiger partial charge in [-0.05, 0) is 38.1 Å². The van der Waals surface area contributed by atoms with Crippen LogP contribution in [0.1, 0.15) is 12.6 Å². The zero-order valence-electron chi connectivity index (χ0n) is 13.1. The number of anilines is 1. The van der Waals surface area contributed by atoms with Crippen LogP contribution in [0.2, 0.25) is 0 Å². The fraction of sp³-hybridized carbons (Fsp3) is 0.471. The maximum Gasteiger partial charge on any atom is 0.124 e. The molecule has 0 aliphatic carbocycles. The number of hydrogen-bond acceptors (Lipinski definition) is 4. The van der Waals surface area contributed by atoms with Gasteiger partial charge in [-0.25, -0.2) is 4.39 Å². The number of pyridine rings is 1.